The zero-order valence-corrected chi connectivity index (χ0v) is 13.7. The lowest BCUT2D eigenvalue weighted by molar-refractivity contribution is -0.150. The molecule has 2 atom stereocenters. The second-order valence-corrected chi connectivity index (χ2v) is 6.73. The first kappa shape index (κ1) is 16.4. The van der Waals surface area contributed by atoms with Crippen molar-refractivity contribution in [2.24, 2.45) is 5.92 Å². The van der Waals surface area contributed by atoms with Crippen molar-refractivity contribution in [2.45, 2.75) is 37.0 Å². The summed E-state index contributed by atoms with van der Waals surface area (Å²) in [6.07, 6.45) is 4.17. The van der Waals surface area contributed by atoms with Gasteiger partial charge in [-0.15, -0.1) is 0 Å². The first-order valence-corrected chi connectivity index (χ1v) is 8.77. The molecular formula is C17H25NO2S. The van der Waals surface area contributed by atoms with Crippen molar-refractivity contribution in [2.75, 3.05) is 19.9 Å². The summed E-state index contributed by atoms with van der Waals surface area (Å²) < 4.78 is 5.03. The van der Waals surface area contributed by atoms with E-state index in [1.165, 1.54) is 12.7 Å². The van der Waals surface area contributed by atoms with E-state index in [9.17, 15) is 4.79 Å². The third-order valence-electron chi connectivity index (χ3n) is 4.54. The van der Waals surface area contributed by atoms with Crippen LogP contribution >= 0.6 is 11.8 Å². The van der Waals surface area contributed by atoms with Crippen molar-refractivity contribution in [1.82, 2.24) is 5.32 Å². The Kier molecular flexibility index (Phi) is 6.12. The molecule has 3 nitrogen and oxygen atoms in total. The lowest BCUT2D eigenvalue weighted by Crippen LogP contribution is -2.53. The normalized spacial score (nSPS) is 25.0. The zero-order valence-electron chi connectivity index (χ0n) is 12.9. The number of thioether (sulfide) groups is 1. The van der Waals surface area contributed by atoms with E-state index in [1.54, 1.807) is 0 Å². The highest BCUT2D eigenvalue weighted by molar-refractivity contribution is 7.98. The van der Waals surface area contributed by atoms with Gasteiger partial charge in [-0.05, 0) is 43.5 Å². The molecule has 0 radical (unpaired) electrons. The van der Waals surface area contributed by atoms with Gasteiger partial charge in [-0.1, -0.05) is 36.8 Å². The largest absolute Gasteiger partial charge is 0.468 e. The average Bonchev–Trinajstić information content (AvgIpc) is 2.96. The molecule has 2 rings (SSSR count). The molecule has 0 bridgehead atoms. The first-order chi connectivity index (χ1) is 10.2. The second kappa shape index (κ2) is 7.85. The second-order valence-electron chi connectivity index (χ2n) is 5.63. The Hall–Kier alpha value is -1.00. The van der Waals surface area contributed by atoms with Gasteiger partial charge < -0.3 is 10.1 Å². The summed E-state index contributed by atoms with van der Waals surface area (Å²) in [7, 11) is 3.37. The Balaban J connectivity index is 1.83. The Morgan fingerprint density at radius 1 is 1.43 bits per heavy atom. The van der Waals surface area contributed by atoms with Crippen molar-refractivity contribution in [1.29, 1.82) is 0 Å². The minimum absolute atomic E-state index is 0.0967. The molecule has 4 heteroatoms. The lowest BCUT2D eigenvalue weighted by atomic mass is 9.85. The highest BCUT2D eigenvalue weighted by Crippen LogP contribution is 2.39. The predicted molar refractivity (Wildman–Crippen MR) is 88.4 cm³/mol. The Morgan fingerprint density at radius 3 is 2.86 bits per heavy atom. The van der Waals surface area contributed by atoms with Crippen LogP contribution in [0.3, 0.4) is 0 Å². The van der Waals surface area contributed by atoms with Crippen molar-refractivity contribution in [3.8, 4) is 0 Å². The molecule has 1 aromatic carbocycles. The van der Waals surface area contributed by atoms with Crippen molar-refractivity contribution >= 4 is 17.7 Å². The Bertz CT molecular complexity index is 451. The molecule has 0 aliphatic heterocycles. The van der Waals surface area contributed by atoms with Crippen LogP contribution in [-0.2, 0) is 15.3 Å². The Morgan fingerprint density at radius 2 is 2.19 bits per heavy atom. The SMILES string of the molecule is CNC1(C(=O)OC)CCCC1CCSCc1ccccc1. The van der Waals surface area contributed by atoms with Gasteiger partial charge in [-0.25, -0.2) is 0 Å². The molecule has 1 saturated carbocycles. The monoisotopic (exact) mass is 307 g/mol. The fraction of sp³-hybridized carbons (Fsp3) is 0.588. The minimum Gasteiger partial charge on any atom is -0.468 e. The number of esters is 1. The summed E-state index contributed by atoms with van der Waals surface area (Å²) >= 11 is 1.94. The van der Waals surface area contributed by atoms with Crippen LogP contribution in [0, 0.1) is 5.92 Å². The van der Waals surface area contributed by atoms with Gasteiger partial charge in [0, 0.05) is 5.75 Å². The summed E-state index contributed by atoms with van der Waals surface area (Å²) in [4.78, 5) is 12.1. The van der Waals surface area contributed by atoms with Gasteiger partial charge in [-0.3, -0.25) is 4.79 Å². The molecule has 1 N–H and O–H groups in total. The number of ether oxygens (including phenoxy) is 1. The fourth-order valence-electron chi connectivity index (χ4n) is 3.34. The maximum absolute atomic E-state index is 12.1. The molecule has 0 saturated heterocycles. The fourth-order valence-corrected chi connectivity index (χ4v) is 4.36. The van der Waals surface area contributed by atoms with Crippen LogP contribution in [0.4, 0.5) is 0 Å². The van der Waals surface area contributed by atoms with Gasteiger partial charge in [0.15, 0.2) is 0 Å². The molecule has 0 heterocycles. The summed E-state index contributed by atoms with van der Waals surface area (Å²) in [5, 5.41) is 3.25. The topological polar surface area (TPSA) is 38.3 Å². The smallest absolute Gasteiger partial charge is 0.326 e. The molecule has 1 aliphatic rings. The van der Waals surface area contributed by atoms with Gasteiger partial charge in [0.05, 0.1) is 7.11 Å². The molecule has 116 valence electrons. The molecule has 0 spiro atoms. The van der Waals surface area contributed by atoms with Gasteiger partial charge in [0.1, 0.15) is 5.54 Å². The van der Waals surface area contributed by atoms with E-state index in [4.69, 9.17) is 4.74 Å². The van der Waals surface area contributed by atoms with Crippen LogP contribution in [0.15, 0.2) is 30.3 Å². The van der Waals surface area contributed by atoms with Crippen LogP contribution in [-0.4, -0.2) is 31.4 Å². The number of hydrogen-bond acceptors (Lipinski definition) is 4. The van der Waals surface area contributed by atoms with Crippen molar-refractivity contribution in [3.63, 3.8) is 0 Å². The number of carbonyl (C=O) groups excluding carboxylic acids is 1. The van der Waals surface area contributed by atoms with Crippen LogP contribution in [0.2, 0.25) is 0 Å². The third kappa shape index (κ3) is 3.80. The third-order valence-corrected chi connectivity index (χ3v) is 5.60. The molecular weight excluding hydrogens is 282 g/mol. The van der Waals surface area contributed by atoms with Crippen LogP contribution in [0.25, 0.3) is 0 Å². The number of hydrogen-bond donors (Lipinski definition) is 1. The maximum Gasteiger partial charge on any atom is 0.326 e. The predicted octanol–water partition coefficient (Wildman–Crippen LogP) is 3.24. The van der Waals surface area contributed by atoms with E-state index < -0.39 is 5.54 Å². The van der Waals surface area contributed by atoms with E-state index in [-0.39, 0.29) is 5.97 Å². The lowest BCUT2D eigenvalue weighted by Gasteiger charge is -2.32. The molecule has 21 heavy (non-hydrogen) atoms. The minimum atomic E-state index is -0.456. The Labute approximate surface area is 131 Å². The maximum atomic E-state index is 12.1. The van der Waals surface area contributed by atoms with Gasteiger partial charge >= 0.3 is 5.97 Å². The molecule has 0 amide bonds. The van der Waals surface area contributed by atoms with Crippen LogP contribution in [0.1, 0.15) is 31.2 Å². The average molecular weight is 307 g/mol. The number of carbonyl (C=O) groups is 1. The molecule has 2 unspecified atom stereocenters. The van der Waals surface area contributed by atoms with Crippen molar-refractivity contribution in [3.05, 3.63) is 35.9 Å². The van der Waals surface area contributed by atoms with Gasteiger partial charge in [0.25, 0.3) is 0 Å². The van der Waals surface area contributed by atoms with Crippen LogP contribution < -0.4 is 5.32 Å². The van der Waals surface area contributed by atoms with Crippen molar-refractivity contribution < 1.29 is 9.53 Å². The summed E-state index contributed by atoms with van der Waals surface area (Å²) in [6.45, 7) is 0. The quantitative estimate of drug-likeness (QED) is 0.620. The number of benzene rings is 1. The van der Waals surface area contributed by atoms with E-state index in [0.29, 0.717) is 5.92 Å². The standard InChI is InChI=1S/C17H25NO2S/c1-18-17(16(19)20-2)11-6-9-15(17)10-12-21-13-14-7-4-3-5-8-14/h3-5,7-8,15,18H,6,9-13H2,1-2H3. The van der Waals surface area contributed by atoms with Gasteiger partial charge in [0.2, 0.25) is 0 Å². The van der Waals surface area contributed by atoms with E-state index in [2.05, 4.69) is 29.6 Å². The number of nitrogens with one attached hydrogen (secondary N) is 1. The molecule has 1 aliphatic carbocycles. The van der Waals surface area contributed by atoms with Crippen LogP contribution in [0.5, 0.6) is 0 Å². The zero-order chi connectivity index (χ0) is 15.1. The highest BCUT2D eigenvalue weighted by atomic mass is 32.2. The van der Waals surface area contributed by atoms with E-state index in [1.807, 2.05) is 24.9 Å². The van der Waals surface area contributed by atoms with E-state index in [0.717, 1.165) is 37.2 Å². The summed E-state index contributed by atoms with van der Waals surface area (Å²) in [5.41, 5.74) is 0.906. The molecule has 0 aromatic heterocycles. The van der Waals surface area contributed by atoms with Gasteiger partial charge in [-0.2, -0.15) is 11.8 Å². The summed E-state index contributed by atoms with van der Waals surface area (Å²) in [6, 6.07) is 10.5. The molecule has 1 fully saturated rings. The summed E-state index contributed by atoms with van der Waals surface area (Å²) in [5.74, 6) is 2.41. The highest BCUT2D eigenvalue weighted by Gasteiger charge is 2.48. The van der Waals surface area contributed by atoms with E-state index >= 15 is 0 Å². The number of likely N-dealkylation sites (N-methyl/N-ethyl adjacent to an activating group) is 1. The number of rotatable bonds is 7. The molecule has 1 aromatic rings. The number of methoxy groups -OCH3 is 1. The first-order valence-electron chi connectivity index (χ1n) is 7.62.